The maximum atomic E-state index is 4.54. The monoisotopic (exact) mass is 368 g/mol. The molecule has 0 aliphatic carbocycles. The van der Waals surface area contributed by atoms with Crippen LogP contribution < -0.4 is 0 Å². The fraction of sp³-hybridized carbons (Fsp3) is 0.250. The van der Waals surface area contributed by atoms with Gasteiger partial charge in [-0.3, -0.25) is 14.6 Å². The van der Waals surface area contributed by atoms with Gasteiger partial charge in [0.25, 0.3) is 0 Å². The van der Waals surface area contributed by atoms with Crippen molar-refractivity contribution in [2.45, 2.75) is 25.4 Å². The van der Waals surface area contributed by atoms with E-state index in [0.717, 1.165) is 24.2 Å². The lowest BCUT2D eigenvalue weighted by molar-refractivity contribution is 0.248. The first-order chi connectivity index (χ1) is 13.8. The second-order valence-corrected chi connectivity index (χ2v) is 7.68. The number of aromatic nitrogens is 3. The Kier molecular flexibility index (Phi) is 4.41. The second kappa shape index (κ2) is 7.21. The Bertz CT molecular complexity index is 1100. The maximum Gasteiger partial charge on any atom is 0.0705 e. The largest absolute Gasteiger partial charge is 0.292 e. The van der Waals surface area contributed by atoms with Gasteiger partial charge < -0.3 is 0 Å². The zero-order chi connectivity index (χ0) is 18.9. The van der Waals surface area contributed by atoms with Crippen LogP contribution in [-0.2, 0) is 13.6 Å². The molecule has 28 heavy (non-hydrogen) atoms. The Hall–Kier alpha value is -2.98. The molecular formula is C24H24N4. The zero-order valence-electron chi connectivity index (χ0n) is 16.1. The average Bonchev–Trinajstić information content (AvgIpc) is 3.37. The van der Waals surface area contributed by atoms with E-state index in [1.807, 2.05) is 30.2 Å². The van der Waals surface area contributed by atoms with E-state index in [0.29, 0.717) is 6.04 Å². The highest BCUT2D eigenvalue weighted by molar-refractivity contribution is 5.79. The summed E-state index contributed by atoms with van der Waals surface area (Å²) < 4.78 is 1.84. The number of aryl methyl sites for hydroxylation is 1. The Morgan fingerprint density at radius 3 is 2.75 bits per heavy atom. The summed E-state index contributed by atoms with van der Waals surface area (Å²) in [5.74, 6) is 0. The van der Waals surface area contributed by atoms with Gasteiger partial charge in [0, 0.05) is 43.0 Å². The van der Waals surface area contributed by atoms with Crippen molar-refractivity contribution in [2.24, 2.45) is 7.05 Å². The number of likely N-dealkylation sites (tertiary alicyclic amines) is 1. The number of pyridine rings is 1. The summed E-state index contributed by atoms with van der Waals surface area (Å²) in [6.07, 6.45) is 8.31. The van der Waals surface area contributed by atoms with Gasteiger partial charge in [0.1, 0.15) is 0 Å². The Labute approximate surface area is 165 Å². The summed E-state index contributed by atoms with van der Waals surface area (Å²) in [5.41, 5.74) is 6.22. The summed E-state index contributed by atoms with van der Waals surface area (Å²) in [4.78, 5) is 7.14. The van der Waals surface area contributed by atoms with Crippen molar-refractivity contribution in [1.29, 1.82) is 0 Å². The molecule has 1 atom stereocenters. The van der Waals surface area contributed by atoms with Crippen molar-refractivity contribution in [1.82, 2.24) is 19.7 Å². The Balaban J connectivity index is 1.35. The van der Waals surface area contributed by atoms with Crippen LogP contribution in [0.1, 0.15) is 30.0 Å². The summed E-state index contributed by atoms with van der Waals surface area (Å²) in [7, 11) is 1.95. The molecule has 1 unspecified atom stereocenters. The van der Waals surface area contributed by atoms with E-state index >= 15 is 0 Å². The van der Waals surface area contributed by atoms with Crippen LogP contribution in [0.4, 0.5) is 0 Å². The number of nitrogens with zero attached hydrogens (tertiary/aromatic N) is 4. The van der Waals surface area contributed by atoms with Crippen molar-refractivity contribution in [3.8, 4) is 11.1 Å². The minimum Gasteiger partial charge on any atom is -0.292 e. The third-order valence-electron chi connectivity index (χ3n) is 5.76. The van der Waals surface area contributed by atoms with Gasteiger partial charge in [-0.15, -0.1) is 0 Å². The van der Waals surface area contributed by atoms with E-state index in [2.05, 4.69) is 69.7 Å². The fourth-order valence-corrected chi connectivity index (χ4v) is 4.29. The predicted molar refractivity (Wildman–Crippen MR) is 113 cm³/mol. The molecule has 140 valence electrons. The van der Waals surface area contributed by atoms with Gasteiger partial charge in [-0.05, 0) is 48.2 Å². The summed E-state index contributed by atoms with van der Waals surface area (Å²) in [6, 6.07) is 20.3. The van der Waals surface area contributed by atoms with Gasteiger partial charge in [0.05, 0.1) is 11.7 Å². The quantitative estimate of drug-likeness (QED) is 0.510. The molecule has 1 aliphatic rings. The van der Waals surface area contributed by atoms with E-state index in [4.69, 9.17) is 0 Å². The molecule has 4 aromatic rings. The van der Waals surface area contributed by atoms with E-state index in [-0.39, 0.29) is 0 Å². The lowest BCUT2D eigenvalue weighted by Gasteiger charge is -2.25. The van der Waals surface area contributed by atoms with Crippen molar-refractivity contribution >= 4 is 10.9 Å². The molecule has 0 saturated carbocycles. The van der Waals surface area contributed by atoms with Crippen LogP contribution in [0.2, 0.25) is 0 Å². The highest BCUT2D eigenvalue weighted by Gasteiger charge is 2.26. The van der Waals surface area contributed by atoms with Crippen LogP contribution in [0, 0.1) is 0 Å². The number of rotatable bonds is 4. The lowest BCUT2D eigenvalue weighted by Crippen LogP contribution is -2.22. The summed E-state index contributed by atoms with van der Waals surface area (Å²) in [6.45, 7) is 2.13. The normalized spacial score (nSPS) is 17.4. The molecule has 1 aliphatic heterocycles. The minimum absolute atomic E-state index is 0.476. The first-order valence-corrected chi connectivity index (χ1v) is 9.93. The van der Waals surface area contributed by atoms with Crippen LogP contribution in [0.15, 0.2) is 73.2 Å². The molecule has 0 N–H and O–H groups in total. The smallest absolute Gasteiger partial charge is 0.0705 e. The van der Waals surface area contributed by atoms with Crippen molar-refractivity contribution in [3.63, 3.8) is 0 Å². The van der Waals surface area contributed by atoms with Crippen molar-refractivity contribution in [2.75, 3.05) is 6.54 Å². The molecule has 2 aromatic carbocycles. The maximum absolute atomic E-state index is 4.54. The highest BCUT2D eigenvalue weighted by Crippen LogP contribution is 2.34. The molecule has 0 bridgehead atoms. The van der Waals surface area contributed by atoms with Gasteiger partial charge in [-0.2, -0.15) is 5.10 Å². The Morgan fingerprint density at radius 1 is 1.04 bits per heavy atom. The van der Waals surface area contributed by atoms with E-state index in [1.165, 1.54) is 34.9 Å². The SMILES string of the molecule is Cn1cc(-c2ccc(CN3CCCC3c3ccc4cccnc4c3)cc2)cn1. The van der Waals surface area contributed by atoms with Crippen LogP contribution in [-0.4, -0.2) is 26.2 Å². The topological polar surface area (TPSA) is 34.0 Å². The van der Waals surface area contributed by atoms with Gasteiger partial charge in [0.2, 0.25) is 0 Å². The van der Waals surface area contributed by atoms with Crippen LogP contribution >= 0.6 is 0 Å². The zero-order valence-corrected chi connectivity index (χ0v) is 16.1. The van der Waals surface area contributed by atoms with E-state index in [9.17, 15) is 0 Å². The fourth-order valence-electron chi connectivity index (χ4n) is 4.29. The highest BCUT2D eigenvalue weighted by atomic mass is 15.2. The number of hydrogen-bond donors (Lipinski definition) is 0. The van der Waals surface area contributed by atoms with Crippen LogP contribution in [0.3, 0.4) is 0 Å². The summed E-state index contributed by atoms with van der Waals surface area (Å²) >= 11 is 0. The van der Waals surface area contributed by atoms with Crippen LogP contribution in [0.5, 0.6) is 0 Å². The first-order valence-electron chi connectivity index (χ1n) is 9.93. The molecule has 2 aromatic heterocycles. The molecule has 3 heterocycles. The molecule has 0 amide bonds. The molecule has 0 spiro atoms. The Morgan fingerprint density at radius 2 is 1.93 bits per heavy atom. The van der Waals surface area contributed by atoms with Gasteiger partial charge in [-0.1, -0.05) is 42.5 Å². The summed E-state index contributed by atoms with van der Waals surface area (Å²) in [5, 5.41) is 5.48. The van der Waals surface area contributed by atoms with Crippen LogP contribution in [0.25, 0.3) is 22.0 Å². The molecule has 5 rings (SSSR count). The third-order valence-corrected chi connectivity index (χ3v) is 5.76. The minimum atomic E-state index is 0.476. The van der Waals surface area contributed by atoms with E-state index < -0.39 is 0 Å². The number of fused-ring (bicyclic) bond motifs is 1. The third kappa shape index (κ3) is 3.32. The molecular weight excluding hydrogens is 344 g/mol. The lowest BCUT2D eigenvalue weighted by atomic mass is 10.0. The van der Waals surface area contributed by atoms with Crippen molar-refractivity contribution < 1.29 is 0 Å². The first kappa shape index (κ1) is 17.1. The standard InChI is InChI=1S/C24H24N4/c1-27-17-22(15-26-27)19-8-6-18(7-9-19)16-28-13-3-5-24(28)21-11-10-20-4-2-12-25-23(20)14-21/h2,4,6-12,14-15,17,24H,3,5,13,16H2,1H3. The molecule has 4 nitrogen and oxygen atoms in total. The molecule has 0 radical (unpaired) electrons. The number of hydrogen-bond acceptors (Lipinski definition) is 3. The van der Waals surface area contributed by atoms with Gasteiger partial charge in [-0.25, -0.2) is 0 Å². The van der Waals surface area contributed by atoms with Gasteiger partial charge >= 0.3 is 0 Å². The molecule has 4 heteroatoms. The second-order valence-electron chi connectivity index (χ2n) is 7.68. The predicted octanol–water partition coefficient (Wildman–Crippen LogP) is 4.97. The molecule has 1 saturated heterocycles. The molecule has 1 fully saturated rings. The van der Waals surface area contributed by atoms with E-state index in [1.54, 1.807) is 0 Å². The average molecular weight is 368 g/mol. The number of benzene rings is 2. The van der Waals surface area contributed by atoms with Crippen molar-refractivity contribution in [3.05, 3.63) is 84.3 Å². The van der Waals surface area contributed by atoms with Gasteiger partial charge in [0.15, 0.2) is 0 Å².